The maximum Gasteiger partial charge on any atom is 0.186 e. The van der Waals surface area contributed by atoms with Crippen LogP contribution in [-0.4, -0.2) is 17.9 Å². The number of hydrazone groups is 1. The van der Waals surface area contributed by atoms with Crippen LogP contribution in [-0.2, 0) is 0 Å². The second kappa shape index (κ2) is 6.35. The van der Waals surface area contributed by atoms with Gasteiger partial charge in [0.15, 0.2) is 5.11 Å². The molecule has 0 aliphatic rings. The number of rotatable bonds is 3. The molecule has 0 spiro atoms. The molecule has 17 heavy (non-hydrogen) atoms. The minimum Gasteiger partial charge on any atom is -0.364 e. The summed E-state index contributed by atoms with van der Waals surface area (Å²) in [6.07, 6.45) is 0. The van der Waals surface area contributed by atoms with Crippen LogP contribution in [0.2, 0.25) is 0 Å². The Bertz CT molecular complexity index is 407. The minimum absolute atomic E-state index is 0.517. The van der Waals surface area contributed by atoms with Crippen LogP contribution in [0.3, 0.4) is 0 Å². The van der Waals surface area contributed by atoms with Crippen LogP contribution in [0.15, 0.2) is 29.4 Å². The van der Waals surface area contributed by atoms with Gasteiger partial charge in [-0.25, -0.2) is 0 Å². The van der Waals surface area contributed by atoms with Crippen LogP contribution < -0.4 is 10.7 Å². The van der Waals surface area contributed by atoms with E-state index in [2.05, 4.69) is 54.0 Å². The van der Waals surface area contributed by atoms with Crippen molar-refractivity contribution in [3.63, 3.8) is 0 Å². The summed E-state index contributed by atoms with van der Waals surface area (Å²) in [6.45, 7) is 6.32. The van der Waals surface area contributed by atoms with Gasteiger partial charge in [-0.05, 0) is 36.2 Å². The van der Waals surface area contributed by atoms with E-state index in [1.165, 1.54) is 5.56 Å². The van der Waals surface area contributed by atoms with Gasteiger partial charge in [0, 0.05) is 7.05 Å². The van der Waals surface area contributed by atoms with Gasteiger partial charge in [0.25, 0.3) is 0 Å². The largest absolute Gasteiger partial charge is 0.364 e. The van der Waals surface area contributed by atoms with Gasteiger partial charge in [0.2, 0.25) is 0 Å². The number of nitrogens with zero attached hydrogens (tertiary/aromatic N) is 1. The summed E-state index contributed by atoms with van der Waals surface area (Å²) in [4.78, 5) is 0. The molecule has 1 rings (SSSR count). The second-order valence-corrected chi connectivity index (χ2v) is 4.57. The zero-order chi connectivity index (χ0) is 12.8. The zero-order valence-corrected chi connectivity index (χ0v) is 11.6. The summed E-state index contributed by atoms with van der Waals surface area (Å²) in [5, 5.41) is 7.53. The van der Waals surface area contributed by atoms with Gasteiger partial charge in [-0.3, -0.25) is 5.43 Å². The van der Waals surface area contributed by atoms with Crippen molar-refractivity contribution in [1.29, 1.82) is 0 Å². The van der Waals surface area contributed by atoms with Crippen molar-refractivity contribution in [3.8, 4) is 0 Å². The molecule has 0 aliphatic carbocycles. The van der Waals surface area contributed by atoms with Gasteiger partial charge < -0.3 is 5.32 Å². The fourth-order valence-corrected chi connectivity index (χ4v) is 1.41. The van der Waals surface area contributed by atoms with Gasteiger partial charge in [-0.15, -0.1) is 0 Å². The first-order chi connectivity index (χ1) is 8.04. The Morgan fingerprint density at radius 2 is 1.82 bits per heavy atom. The van der Waals surface area contributed by atoms with Crippen LogP contribution in [0.5, 0.6) is 0 Å². The van der Waals surface area contributed by atoms with E-state index in [9.17, 15) is 0 Å². The van der Waals surface area contributed by atoms with E-state index in [1.807, 2.05) is 6.92 Å². The Morgan fingerprint density at radius 1 is 1.24 bits per heavy atom. The topological polar surface area (TPSA) is 36.4 Å². The molecule has 0 radical (unpaired) electrons. The second-order valence-electron chi connectivity index (χ2n) is 4.16. The first kappa shape index (κ1) is 13.6. The molecule has 0 saturated carbocycles. The normalized spacial score (nSPS) is 11.5. The fourth-order valence-electron chi connectivity index (χ4n) is 1.36. The molecule has 92 valence electrons. The van der Waals surface area contributed by atoms with Gasteiger partial charge in [-0.2, -0.15) is 5.10 Å². The Morgan fingerprint density at radius 3 is 2.29 bits per heavy atom. The van der Waals surface area contributed by atoms with Crippen molar-refractivity contribution in [2.75, 3.05) is 7.05 Å². The lowest BCUT2D eigenvalue weighted by atomic mass is 10.0. The molecule has 1 aromatic rings. The average Bonchev–Trinajstić information content (AvgIpc) is 2.35. The summed E-state index contributed by atoms with van der Waals surface area (Å²) >= 11 is 4.95. The quantitative estimate of drug-likeness (QED) is 0.491. The van der Waals surface area contributed by atoms with Crippen LogP contribution in [0.25, 0.3) is 0 Å². The maximum atomic E-state index is 4.95. The van der Waals surface area contributed by atoms with Crippen molar-refractivity contribution >= 4 is 23.0 Å². The smallest absolute Gasteiger partial charge is 0.186 e. The molecule has 4 heteroatoms. The zero-order valence-electron chi connectivity index (χ0n) is 10.7. The van der Waals surface area contributed by atoms with E-state index < -0.39 is 0 Å². The average molecular weight is 249 g/mol. The SMILES string of the molecule is CNC(=S)N/N=C(/C)c1ccc(C(C)C)cc1. The van der Waals surface area contributed by atoms with E-state index in [0.29, 0.717) is 11.0 Å². The molecule has 2 N–H and O–H groups in total. The summed E-state index contributed by atoms with van der Waals surface area (Å²) in [5.41, 5.74) is 6.12. The molecule has 0 fully saturated rings. The Balaban J connectivity index is 2.75. The van der Waals surface area contributed by atoms with Crippen molar-refractivity contribution in [3.05, 3.63) is 35.4 Å². The highest BCUT2D eigenvalue weighted by Crippen LogP contribution is 2.14. The highest BCUT2D eigenvalue weighted by molar-refractivity contribution is 7.80. The van der Waals surface area contributed by atoms with Crippen LogP contribution in [0.4, 0.5) is 0 Å². The maximum absolute atomic E-state index is 4.95. The molecule has 0 atom stereocenters. The van der Waals surface area contributed by atoms with Gasteiger partial charge >= 0.3 is 0 Å². The van der Waals surface area contributed by atoms with Gasteiger partial charge in [0.1, 0.15) is 0 Å². The summed E-state index contributed by atoms with van der Waals surface area (Å²) < 4.78 is 0. The third-order valence-corrected chi connectivity index (χ3v) is 2.84. The lowest BCUT2D eigenvalue weighted by molar-refractivity contribution is 0.866. The highest BCUT2D eigenvalue weighted by Gasteiger charge is 2.01. The standard InChI is InChI=1S/C13H19N3S/c1-9(2)11-5-7-12(8-6-11)10(3)15-16-13(17)14-4/h5-9H,1-4H3,(H2,14,16,17)/b15-10-. The summed E-state index contributed by atoms with van der Waals surface area (Å²) in [7, 11) is 1.76. The molecule has 3 nitrogen and oxygen atoms in total. The number of hydrogen-bond acceptors (Lipinski definition) is 2. The third-order valence-electron chi connectivity index (χ3n) is 2.55. The van der Waals surface area contributed by atoms with E-state index in [0.717, 1.165) is 11.3 Å². The molecule has 0 bridgehead atoms. The monoisotopic (exact) mass is 249 g/mol. The van der Waals surface area contributed by atoms with E-state index >= 15 is 0 Å². The fraction of sp³-hybridized carbons (Fsp3) is 0.385. The molecule has 1 aromatic carbocycles. The van der Waals surface area contributed by atoms with Gasteiger partial charge in [-0.1, -0.05) is 38.1 Å². The number of benzene rings is 1. The summed E-state index contributed by atoms with van der Waals surface area (Å²) in [6, 6.07) is 8.43. The van der Waals surface area contributed by atoms with Crippen LogP contribution >= 0.6 is 12.2 Å². The lowest BCUT2D eigenvalue weighted by Gasteiger charge is -2.07. The number of thiocarbonyl (C=S) groups is 1. The Hall–Kier alpha value is -1.42. The molecule has 0 amide bonds. The minimum atomic E-state index is 0.517. The van der Waals surface area contributed by atoms with Crippen molar-refractivity contribution in [2.45, 2.75) is 26.7 Å². The lowest BCUT2D eigenvalue weighted by Crippen LogP contribution is -2.29. The van der Waals surface area contributed by atoms with Crippen molar-refractivity contribution < 1.29 is 0 Å². The molecular weight excluding hydrogens is 230 g/mol. The molecule has 0 saturated heterocycles. The number of nitrogens with one attached hydrogen (secondary N) is 2. The van der Waals surface area contributed by atoms with Crippen molar-refractivity contribution in [2.24, 2.45) is 5.10 Å². The molecule has 0 unspecified atom stereocenters. The van der Waals surface area contributed by atoms with Crippen LogP contribution in [0.1, 0.15) is 37.8 Å². The van der Waals surface area contributed by atoms with Gasteiger partial charge in [0.05, 0.1) is 5.71 Å². The third kappa shape index (κ3) is 4.15. The predicted octanol–water partition coefficient (Wildman–Crippen LogP) is 2.63. The molecule has 0 aromatic heterocycles. The van der Waals surface area contributed by atoms with Crippen LogP contribution in [0, 0.1) is 0 Å². The first-order valence-electron chi connectivity index (χ1n) is 5.67. The Labute approximate surface area is 108 Å². The molecule has 0 aliphatic heterocycles. The van der Waals surface area contributed by atoms with E-state index in [1.54, 1.807) is 7.05 Å². The van der Waals surface area contributed by atoms with E-state index in [4.69, 9.17) is 12.2 Å². The highest BCUT2D eigenvalue weighted by atomic mass is 32.1. The molecule has 0 heterocycles. The number of hydrogen-bond donors (Lipinski definition) is 2. The van der Waals surface area contributed by atoms with E-state index in [-0.39, 0.29) is 0 Å². The predicted molar refractivity (Wildman–Crippen MR) is 77.5 cm³/mol. The first-order valence-corrected chi connectivity index (χ1v) is 6.07. The summed E-state index contributed by atoms with van der Waals surface area (Å²) in [5.74, 6) is 0.552. The molecular formula is C13H19N3S. The Kier molecular flexibility index (Phi) is 5.10. The van der Waals surface area contributed by atoms with Crippen molar-refractivity contribution in [1.82, 2.24) is 10.7 Å².